The van der Waals surface area contributed by atoms with E-state index in [0.717, 1.165) is 19.3 Å². The Morgan fingerprint density at radius 3 is 2.46 bits per heavy atom. The molecule has 0 heterocycles. The minimum atomic E-state index is -0.207. The molecule has 1 radical (unpaired) electrons. The number of hydrogen-bond donors (Lipinski definition) is 0. The van der Waals surface area contributed by atoms with Crippen LogP contribution in [0, 0.1) is 12.3 Å². The van der Waals surface area contributed by atoms with E-state index in [4.69, 9.17) is 4.74 Å². The number of esters is 1. The summed E-state index contributed by atoms with van der Waals surface area (Å²) in [5, 5.41) is 0. The van der Waals surface area contributed by atoms with Crippen LogP contribution in [0.4, 0.5) is 0 Å². The molecule has 0 saturated heterocycles. The van der Waals surface area contributed by atoms with Gasteiger partial charge in [0.25, 0.3) is 0 Å². The molecule has 0 aromatic carbocycles. The van der Waals surface area contributed by atoms with E-state index in [1.165, 1.54) is 0 Å². The molecule has 0 fully saturated rings. The van der Waals surface area contributed by atoms with Gasteiger partial charge >= 0.3 is 5.97 Å². The molecule has 77 valence electrons. The van der Waals surface area contributed by atoms with Crippen molar-refractivity contribution in [2.45, 2.75) is 46.5 Å². The summed E-state index contributed by atoms with van der Waals surface area (Å²) in [5.41, 5.74) is -0.207. The monoisotopic (exact) mass is 185 g/mol. The summed E-state index contributed by atoms with van der Waals surface area (Å²) in [5.74, 6) is -0.129. The third-order valence-corrected chi connectivity index (χ3v) is 1.63. The fourth-order valence-electron chi connectivity index (χ4n) is 0.980. The molecule has 0 spiro atoms. The van der Waals surface area contributed by atoms with Gasteiger partial charge in [-0.15, -0.1) is 0 Å². The largest absolute Gasteiger partial charge is 0.466 e. The van der Waals surface area contributed by atoms with Crippen LogP contribution in [0.15, 0.2) is 0 Å². The zero-order valence-electron chi connectivity index (χ0n) is 9.06. The number of ether oxygens (including phenoxy) is 1. The smallest absolute Gasteiger partial charge is 0.306 e. The highest BCUT2D eigenvalue weighted by Crippen LogP contribution is 2.18. The molecule has 0 saturated carbocycles. The molecule has 0 aliphatic rings. The minimum absolute atomic E-state index is 0.129. The van der Waals surface area contributed by atoms with Crippen LogP contribution < -0.4 is 0 Å². The van der Waals surface area contributed by atoms with Crippen molar-refractivity contribution in [2.24, 2.45) is 5.41 Å². The van der Waals surface area contributed by atoms with Gasteiger partial charge in [0, 0.05) is 0 Å². The van der Waals surface area contributed by atoms with Gasteiger partial charge in [-0.3, -0.25) is 4.79 Å². The first kappa shape index (κ1) is 12.5. The lowest BCUT2D eigenvalue weighted by Gasteiger charge is -2.16. The fraction of sp³-hybridized carbons (Fsp3) is 0.818. The second kappa shape index (κ2) is 6.01. The van der Waals surface area contributed by atoms with Crippen molar-refractivity contribution in [3.63, 3.8) is 0 Å². The highest BCUT2D eigenvalue weighted by atomic mass is 16.5. The Kier molecular flexibility index (Phi) is 5.76. The van der Waals surface area contributed by atoms with E-state index in [1.807, 2.05) is 13.8 Å². The van der Waals surface area contributed by atoms with Crippen molar-refractivity contribution in [3.8, 4) is 0 Å². The molecule has 0 aliphatic heterocycles. The van der Waals surface area contributed by atoms with E-state index < -0.39 is 0 Å². The van der Waals surface area contributed by atoms with Crippen molar-refractivity contribution in [2.75, 3.05) is 6.61 Å². The Morgan fingerprint density at radius 1 is 1.38 bits per heavy atom. The number of carbonyl (C=O) groups is 1. The highest BCUT2D eigenvalue weighted by molar-refractivity contribution is 5.70. The Balaban J connectivity index is 3.41. The van der Waals surface area contributed by atoms with Gasteiger partial charge in [-0.25, -0.2) is 0 Å². The number of hydrogen-bond acceptors (Lipinski definition) is 2. The maximum atomic E-state index is 11.2. The summed E-state index contributed by atoms with van der Waals surface area (Å²) in [6, 6.07) is 0. The van der Waals surface area contributed by atoms with E-state index in [-0.39, 0.29) is 11.4 Å². The van der Waals surface area contributed by atoms with Crippen LogP contribution >= 0.6 is 0 Å². The Morgan fingerprint density at radius 2 is 2.00 bits per heavy atom. The van der Waals surface area contributed by atoms with E-state index >= 15 is 0 Å². The number of carbonyl (C=O) groups excluding carboxylic acids is 1. The third kappa shape index (κ3) is 9.38. The van der Waals surface area contributed by atoms with Crippen molar-refractivity contribution >= 4 is 5.97 Å². The molecule has 0 bridgehead atoms. The van der Waals surface area contributed by atoms with Crippen molar-refractivity contribution in [1.82, 2.24) is 0 Å². The number of unbranched alkanes of at least 4 members (excludes halogenated alkanes) is 2. The van der Waals surface area contributed by atoms with Gasteiger partial charge in [-0.05, 0) is 18.8 Å². The fourth-order valence-corrected chi connectivity index (χ4v) is 0.980. The molecule has 0 atom stereocenters. The average Bonchev–Trinajstić information content (AvgIpc) is 1.94. The van der Waals surface area contributed by atoms with Crippen LogP contribution in [0.25, 0.3) is 0 Å². The second-order valence-corrected chi connectivity index (χ2v) is 4.27. The molecular formula is C11H21O2. The van der Waals surface area contributed by atoms with Gasteiger partial charge in [0.1, 0.15) is 0 Å². The molecule has 0 rings (SSSR count). The molecule has 2 heteroatoms. The van der Waals surface area contributed by atoms with Gasteiger partial charge in [-0.2, -0.15) is 0 Å². The Labute approximate surface area is 81.7 Å². The first-order chi connectivity index (χ1) is 5.95. The van der Waals surface area contributed by atoms with E-state index in [0.29, 0.717) is 13.0 Å². The van der Waals surface area contributed by atoms with Crippen LogP contribution in [0.5, 0.6) is 0 Å². The van der Waals surface area contributed by atoms with Crippen LogP contribution in [0.3, 0.4) is 0 Å². The second-order valence-electron chi connectivity index (χ2n) is 4.27. The maximum absolute atomic E-state index is 11.2. The lowest BCUT2D eigenvalue weighted by molar-refractivity contribution is -0.145. The van der Waals surface area contributed by atoms with E-state index in [2.05, 4.69) is 13.8 Å². The topological polar surface area (TPSA) is 26.3 Å². The first-order valence-electron chi connectivity index (χ1n) is 4.96. The first-order valence-corrected chi connectivity index (χ1v) is 4.96. The van der Waals surface area contributed by atoms with Gasteiger partial charge in [0.15, 0.2) is 0 Å². The quantitative estimate of drug-likeness (QED) is 0.469. The Bertz CT molecular complexity index is 145. The summed E-state index contributed by atoms with van der Waals surface area (Å²) < 4.78 is 5.04. The van der Waals surface area contributed by atoms with Gasteiger partial charge in [-0.1, -0.05) is 33.6 Å². The van der Waals surface area contributed by atoms with Gasteiger partial charge in [0.05, 0.1) is 13.0 Å². The molecule has 13 heavy (non-hydrogen) atoms. The van der Waals surface area contributed by atoms with Crippen LogP contribution in [-0.4, -0.2) is 12.6 Å². The summed E-state index contributed by atoms with van der Waals surface area (Å²) in [6.07, 6.45) is 3.65. The average molecular weight is 185 g/mol. The standard InChI is InChI=1S/C11H21O2/c1-5-6-7-8-13-10(12)9-11(2,3)4/h2,5-9H2,1,3-4H3. The molecule has 0 unspecified atom stereocenters. The van der Waals surface area contributed by atoms with Gasteiger partial charge in [0.2, 0.25) is 0 Å². The van der Waals surface area contributed by atoms with Crippen molar-refractivity contribution in [3.05, 3.63) is 6.92 Å². The SMILES string of the molecule is [CH2]C(C)(C)CC(=O)OCCCCC. The predicted molar refractivity (Wildman–Crippen MR) is 54.2 cm³/mol. The van der Waals surface area contributed by atoms with E-state index in [1.54, 1.807) is 0 Å². The molecule has 0 N–H and O–H groups in total. The molecule has 0 aliphatic carbocycles. The number of rotatable bonds is 6. The molecule has 0 amide bonds. The molecule has 2 nitrogen and oxygen atoms in total. The van der Waals surface area contributed by atoms with Crippen LogP contribution in [0.1, 0.15) is 46.5 Å². The molecule has 0 aromatic heterocycles. The summed E-state index contributed by atoms with van der Waals surface area (Å²) in [4.78, 5) is 11.2. The predicted octanol–water partition coefficient (Wildman–Crippen LogP) is 2.97. The minimum Gasteiger partial charge on any atom is -0.466 e. The zero-order chi connectivity index (χ0) is 10.3. The summed E-state index contributed by atoms with van der Waals surface area (Å²) in [7, 11) is 0. The van der Waals surface area contributed by atoms with Crippen LogP contribution in [-0.2, 0) is 9.53 Å². The van der Waals surface area contributed by atoms with E-state index in [9.17, 15) is 4.79 Å². The third-order valence-electron chi connectivity index (χ3n) is 1.63. The maximum Gasteiger partial charge on any atom is 0.306 e. The lowest BCUT2D eigenvalue weighted by atomic mass is 9.92. The zero-order valence-corrected chi connectivity index (χ0v) is 9.06. The molecule has 0 aromatic rings. The van der Waals surface area contributed by atoms with Crippen molar-refractivity contribution in [1.29, 1.82) is 0 Å². The normalized spacial score (nSPS) is 11.4. The molecular weight excluding hydrogens is 164 g/mol. The summed E-state index contributed by atoms with van der Waals surface area (Å²) in [6.45, 7) is 10.4. The summed E-state index contributed by atoms with van der Waals surface area (Å²) >= 11 is 0. The lowest BCUT2D eigenvalue weighted by Crippen LogP contribution is -2.16. The van der Waals surface area contributed by atoms with Crippen molar-refractivity contribution < 1.29 is 9.53 Å². The van der Waals surface area contributed by atoms with Gasteiger partial charge < -0.3 is 4.74 Å². The van der Waals surface area contributed by atoms with Crippen LogP contribution in [0.2, 0.25) is 0 Å². The Hall–Kier alpha value is -0.530. The highest BCUT2D eigenvalue weighted by Gasteiger charge is 2.16.